The first-order valence-electron chi connectivity index (χ1n) is 14.0. The topological polar surface area (TPSA) is 94.2 Å². The van der Waals surface area contributed by atoms with Crippen molar-refractivity contribution in [1.82, 2.24) is 15.0 Å². The fourth-order valence-corrected chi connectivity index (χ4v) is 5.65. The van der Waals surface area contributed by atoms with E-state index in [9.17, 15) is 9.59 Å². The number of ketones is 2. The second-order valence-electron chi connectivity index (χ2n) is 10.5. The molecular weight excluding hydrogens is 538 g/mol. The molecule has 4 aromatic carbocycles. The number of H-pyrrole nitrogens is 1. The average molecular weight is 566 g/mol. The van der Waals surface area contributed by atoms with Gasteiger partial charge in [-0.15, -0.1) is 0 Å². The van der Waals surface area contributed by atoms with Gasteiger partial charge in [-0.05, 0) is 58.1 Å². The largest absolute Gasteiger partial charge is 0.494 e. The lowest BCUT2D eigenvalue weighted by atomic mass is 9.93. The van der Waals surface area contributed by atoms with Crippen LogP contribution in [0, 0.1) is 0 Å². The minimum Gasteiger partial charge on any atom is -0.494 e. The van der Waals surface area contributed by atoms with Gasteiger partial charge in [0.1, 0.15) is 35.4 Å². The third-order valence-corrected chi connectivity index (χ3v) is 7.83. The summed E-state index contributed by atoms with van der Waals surface area (Å²) in [6.45, 7) is 0.368. The van der Waals surface area contributed by atoms with Gasteiger partial charge in [0.15, 0.2) is 11.6 Å². The van der Waals surface area contributed by atoms with E-state index in [1.54, 1.807) is 43.6 Å². The number of ether oxygens (including phenoxy) is 2. The number of carbonyl (C=O) groups excluding carboxylic acids is 2. The van der Waals surface area contributed by atoms with Crippen molar-refractivity contribution < 1.29 is 19.1 Å². The van der Waals surface area contributed by atoms with Crippen LogP contribution in [0.5, 0.6) is 11.5 Å². The van der Waals surface area contributed by atoms with Crippen molar-refractivity contribution in [1.29, 1.82) is 0 Å². The molecule has 0 spiro atoms. The van der Waals surface area contributed by atoms with Crippen LogP contribution in [0.2, 0.25) is 0 Å². The van der Waals surface area contributed by atoms with Crippen molar-refractivity contribution in [2.24, 2.45) is 0 Å². The van der Waals surface area contributed by atoms with E-state index in [-0.39, 0.29) is 11.6 Å². The zero-order valence-corrected chi connectivity index (χ0v) is 23.4. The van der Waals surface area contributed by atoms with Gasteiger partial charge in [0.25, 0.3) is 0 Å². The Morgan fingerprint density at radius 3 is 2.37 bits per heavy atom. The second kappa shape index (κ2) is 11.0. The van der Waals surface area contributed by atoms with Crippen molar-refractivity contribution in [2.45, 2.75) is 18.9 Å². The third-order valence-electron chi connectivity index (χ3n) is 7.83. The summed E-state index contributed by atoms with van der Waals surface area (Å²) in [5, 5.41) is 0. The smallest absolute Gasteiger partial charge is 0.179 e. The van der Waals surface area contributed by atoms with Crippen molar-refractivity contribution in [3.8, 4) is 22.6 Å². The number of benzene rings is 4. The first kappa shape index (κ1) is 26.3. The lowest BCUT2D eigenvalue weighted by Crippen LogP contribution is -2.13. The molecule has 210 valence electrons. The molecule has 6 aromatic rings. The summed E-state index contributed by atoms with van der Waals surface area (Å²) in [5.41, 5.74) is 6.75. The summed E-state index contributed by atoms with van der Waals surface area (Å²) in [5.74, 6) is 0.366. The quantitative estimate of drug-likeness (QED) is 0.200. The predicted molar refractivity (Wildman–Crippen MR) is 164 cm³/mol. The summed E-state index contributed by atoms with van der Waals surface area (Å²) in [4.78, 5) is 39.8. The zero-order valence-electron chi connectivity index (χ0n) is 23.4. The average Bonchev–Trinajstić information content (AvgIpc) is 3.58. The van der Waals surface area contributed by atoms with Crippen LogP contribution in [0.3, 0.4) is 0 Å². The van der Waals surface area contributed by atoms with Gasteiger partial charge < -0.3 is 14.5 Å². The minimum absolute atomic E-state index is 0.239. The van der Waals surface area contributed by atoms with Crippen LogP contribution in [-0.2, 0) is 13.0 Å². The van der Waals surface area contributed by atoms with Crippen molar-refractivity contribution in [3.63, 3.8) is 0 Å². The highest BCUT2D eigenvalue weighted by Crippen LogP contribution is 2.40. The molecule has 0 amide bonds. The van der Waals surface area contributed by atoms with Crippen LogP contribution in [-0.4, -0.2) is 33.6 Å². The Morgan fingerprint density at radius 1 is 0.791 bits per heavy atom. The summed E-state index contributed by atoms with van der Waals surface area (Å²) < 4.78 is 11.5. The van der Waals surface area contributed by atoms with E-state index in [4.69, 9.17) is 14.5 Å². The Morgan fingerprint density at radius 2 is 1.60 bits per heavy atom. The molecule has 0 saturated heterocycles. The molecule has 2 aromatic heterocycles. The van der Waals surface area contributed by atoms with E-state index in [0.717, 1.165) is 22.3 Å². The van der Waals surface area contributed by atoms with Crippen LogP contribution in [0.25, 0.3) is 22.2 Å². The molecule has 1 unspecified atom stereocenters. The predicted octanol–water partition coefficient (Wildman–Crippen LogP) is 6.97. The van der Waals surface area contributed by atoms with E-state index < -0.39 is 5.92 Å². The van der Waals surface area contributed by atoms with E-state index in [1.807, 2.05) is 48.7 Å². The zero-order chi connectivity index (χ0) is 29.3. The molecule has 0 fully saturated rings. The Balaban J connectivity index is 1.17. The molecule has 0 saturated carbocycles. The van der Waals surface area contributed by atoms with E-state index in [0.29, 0.717) is 58.1 Å². The van der Waals surface area contributed by atoms with Crippen LogP contribution >= 0.6 is 0 Å². The number of nitrogens with one attached hydrogen (secondary N) is 1. The van der Waals surface area contributed by atoms with Crippen LogP contribution in [0.4, 0.5) is 0 Å². The first-order chi connectivity index (χ1) is 21.1. The van der Waals surface area contributed by atoms with Crippen molar-refractivity contribution in [2.75, 3.05) is 7.11 Å². The number of imidazole rings is 1. The molecule has 1 N–H and O–H groups in total. The Bertz CT molecular complexity index is 1970. The lowest BCUT2D eigenvalue weighted by molar-refractivity contribution is 0.0890. The van der Waals surface area contributed by atoms with Crippen LogP contribution < -0.4 is 9.47 Å². The fraction of sp³-hybridized carbons (Fsp3) is 0.111. The van der Waals surface area contributed by atoms with Gasteiger partial charge in [0.05, 0.1) is 12.6 Å². The number of aromatic amines is 1. The number of rotatable bonds is 8. The molecular formula is C36H27N3O4. The number of aromatic nitrogens is 3. The van der Waals surface area contributed by atoms with Gasteiger partial charge >= 0.3 is 0 Å². The standard InChI is InChI=1S/C36H27N3O4/c1-42-30-16-15-28(32-35(40)27-14-13-26(19-29(27)36(32)41)43-21-23-6-3-2-4-7-23)33-34(30)39-31(38-33)18-22-9-11-24(12-10-22)25-8-5-17-37-20-25/h2-17,19-20,32H,18,21H2,1H3,(H,38,39). The maximum Gasteiger partial charge on any atom is 0.179 e. The van der Waals surface area contributed by atoms with Gasteiger partial charge in [0, 0.05) is 29.9 Å². The van der Waals surface area contributed by atoms with Gasteiger partial charge in [0.2, 0.25) is 0 Å². The van der Waals surface area contributed by atoms with E-state index in [2.05, 4.69) is 34.2 Å². The Hall–Kier alpha value is -5.56. The van der Waals surface area contributed by atoms with Gasteiger partial charge in [-0.1, -0.05) is 66.7 Å². The summed E-state index contributed by atoms with van der Waals surface area (Å²) in [6.07, 6.45) is 4.14. The molecule has 7 heteroatoms. The number of fused-ring (bicyclic) bond motifs is 2. The van der Waals surface area contributed by atoms with Crippen molar-refractivity contribution in [3.05, 3.63) is 143 Å². The second-order valence-corrected chi connectivity index (χ2v) is 10.5. The number of Topliss-reactive ketones (excluding diaryl/α,β-unsaturated/α-hetero) is 2. The SMILES string of the molecule is COc1ccc(C2C(=O)c3ccc(OCc4ccccc4)cc3C2=O)c2nc(Cc3ccc(-c4cccnc4)cc3)[nH]c12. The van der Waals surface area contributed by atoms with Gasteiger partial charge in [-0.25, -0.2) is 4.98 Å². The summed E-state index contributed by atoms with van der Waals surface area (Å²) in [7, 11) is 1.59. The number of hydrogen-bond acceptors (Lipinski definition) is 6. The fourth-order valence-electron chi connectivity index (χ4n) is 5.65. The maximum atomic E-state index is 13.7. The first-order valence-corrected chi connectivity index (χ1v) is 14.0. The summed E-state index contributed by atoms with van der Waals surface area (Å²) >= 11 is 0. The molecule has 1 atom stereocenters. The van der Waals surface area contributed by atoms with Gasteiger partial charge in [-0.3, -0.25) is 14.6 Å². The molecule has 7 nitrogen and oxygen atoms in total. The van der Waals surface area contributed by atoms with E-state index in [1.165, 1.54) is 0 Å². The molecule has 0 aliphatic heterocycles. The lowest BCUT2D eigenvalue weighted by Gasteiger charge is -2.10. The van der Waals surface area contributed by atoms with E-state index >= 15 is 0 Å². The normalized spacial score (nSPS) is 14.2. The highest BCUT2D eigenvalue weighted by Gasteiger charge is 2.41. The number of hydrogen-bond donors (Lipinski definition) is 1. The maximum absolute atomic E-state index is 13.7. The molecule has 0 bridgehead atoms. The Kier molecular flexibility index (Phi) is 6.75. The molecule has 2 heterocycles. The number of methoxy groups -OCH3 is 1. The molecule has 43 heavy (non-hydrogen) atoms. The number of nitrogens with zero attached hydrogens (tertiary/aromatic N) is 2. The molecule has 7 rings (SSSR count). The monoisotopic (exact) mass is 565 g/mol. The van der Waals surface area contributed by atoms with Crippen LogP contribution in [0.1, 0.15) is 49.1 Å². The van der Waals surface area contributed by atoms with Gasteiger partial charge in [-0.2, -0.15) is 0 Å². The van der Waals surface area contributed by atoms with Crippen molar-refractivity contribution >= 4 is 22.6 Å². The number of carbonyl (C=O) groups is 2. The number of pyridine rings is 1. The molecule has 1 aliphatic rings. The summed E-state index contributed by atoms with van der Waals surface area (Å²) in [6, 6.07) is 30.6. The highest BCUT2D eigenvalue weighted by molar-refractivity contribution is 6.30. The minimum atomic E-state index is -0.984. The molecule has 0 radical (unpaired) electrons. The highest BCUT2D eigenvalue weighted by atomic mass is 16.5. The Labute approximate surface area is 248 Å². The van der Waals surface area contributed by atoms with Crippen LogP contribution in [0.15, 0.2) is 109 Å². The third kappa shape index (κ3) is 4.95. The molecule has 1 aliphatic carbocycles.